The van der Waals surface area contributed by atoms with Crippen molar-refractivity contribution in [1.29, 1.82) is 0 Å². The normalized spacial score (nSPS) is 10.3. The first kappa shape index (κ1) is 12.4. The summed E-state index contributed by atoms with van der Waals surface area (Å²) in [5, 5.41) is 7.18. The standard InChI is InChI=1S/C11H12N4O2S/c1-17-10(16)9-7(3-2-4-8(9)12)5-18-11-13-6-14-15-11/h2-4,6H,5,12H2,1H3,(H,13,14,15). The molecule has 94 valence electrons. The number of benzene rings is 1. The number of nitrogens with one attached hydrogen (secondary N) is 1. The quantitative estimate of drug-likeness (QED) is 0.493. The molecule has 0 saturated carbocycles. The van der Waals surface area contributed by atoms with E-state index in [0.29, 0.717) is 22.2 Å². The third-order valence-electron chi connectivity index (χ3n) is 2.33. The lowest BCUT2D eigenvalue weighted by Gasteiger charge is -2.09. The lowest BCUT2D eigenvalue weighted by atomic mass is 10.1. The van der Waals surface area contributed by atoms with Crippen molar-refractivity contribution in [3.8, 4) is 0 Å². The zero-order chi connectivity index (χ0) is 13.0. The van der Waals surface area contributed by atoms with Gasteiger partial charge < -0.3 is 10.5 Å². The van der Waals surface area contributed by atoms with E-state index < -0.39 is 5.97 Å². The Bertz CT molecular complexity index is 542. The van der Waals surface area contributed by atoms with E-state index in [2.05, 4.69) is 15.2 Å². The van der Waals surface area contributed by atoms with Crippen molar-refractivity contribution in [3.63, 3.8) is 0 Å². The Hall–Kier alpha value is -2.02. The number of ether oxygens (including phenoxy) is 1. The molecule has 0 spiro atoms. The highest BCUT2D eigenvalue weighted by Crippen LogP contribution is 2.25. The van der Waals surface area contributed by atoms with E-state index in [4.69, 9.17) is 10.5 Å². The average molecular weight is 264 g/mol. The van der Waals surface area contributed by atoms with Gasteiger partial charge in [0.05, 0.1) is 12.7 Å². The van der Waals surface area contributed by atoms with Crippen LogP contribution in [0.25, 0.3) is 0 Å². The van der Waals surface area contributed by atoms with E-state index in [1.807, 2.05) is 6.07 Å². The summed E-state index contributed by atoms with van der Waals surface area (Å²) < 4.78 is 4.73. The average Bonchev–Trinajstić information content (AvgIpc) is 2.88. The number of esters is 1. The Morgan fingerprint density at radius 3 is 3.06 bits per heavy atom. The summed E-state index contributed by atoms with van der Waals surface area (Å²) >= 11 is 1.44. The smallest absolute Gasteiger partial charge is 0.340 e. The molecule has 0 aliphatic heterocycles. The van der Waals surface area contributed by atoms with Gasteiger partial charge in [-0.25, -0.2) is 9.78 Å². The number of rotatable bonds is 4. The molecule has 0 aliphatic carbocycles. The Kier molecular flexibility index (Phi) is 3.83. The minimum absolute atomic E-state index is 0.409. The van der Waals surface area contributed by atoms with Crippen LogP contribution in [0.3, 0.4) is 0 Å². The fraction of sp³-hybridized carbons (Fsp3) is 0.182. The summed E-state index contributed by atoms with van der Waals surface area (Å²) in [7, 11) is 1.34. The van der Waals surface area contributed by atoms with Crippen LogP contribution in [0.2, 0.25) is 0 Å². The number of thioether (sulfide) groups is 1. The first-order valence-electron chi connectivity index (χ1n) is 5.16. The molecule has 6 nitrogen and oxygen atoms in total. The van der Waals surface area contributed by atoms with Crippen LogP contribution in [-0.2, 0) is 10.5 Å². The maximum absolute atomic E-state index is 11.7. The predicted octanol–water partition coefficient (Wildman–Crippen LogP) is 1.47. The number of hydrogen-bond donors (Lipinski definition) is 2. The molecule has 0 amide bonds. The van der Waals surface area contributed by atoms with Crippen molar-refractivity contribution in [3.05, 3.63) is 35.7 Å². The number of hydrogen-bond acceptors (Lipinski definition) is 6. The number of anilines is 1. The summed E-state index contributed by atoms with van der Waals surface area (Å²) in [6, 6.07) is 5.32. The van der Waals surface area contributed by atoms with Gasteiger partial charge in [0.25, 0.3) is 0 Å². The Morgan fingerprint density at radius 1 is 1.56 bits per heavy atom. The number of carbonyl (C=O) groups excluding carboxylic acids is 1. The van der Waals surface area contributed by atoms with Crippen molar-refractivity contribution in [2.75, 3.05) is 12.8 Å². The highest BCUT2D eigenvalue weighted by atomic mass is 32.2. The molecule has 1 aromatic heterocycles. The zero-order valence-electron chi connectivity index (χ0n) is 9.71. The second-order valence-corrected chi connectivity index (χ2v) is 4.42. The van der Waals surface area contributed by atoms with Crippen LogP contribution >= 0.6 is 11.8 Å². The molecule has 3 N–H and O–H groups in total. The van der Waals surface area contributed by atoms with E-state index in [1.165, 1.54) is 25.2 Å². The number of nitrogens with two attached hydrogens (primary N) is 1. The van der Waals surface area contributed by atoms with Gasteiger partial charge in [-0.2, -0.15) is 5.10 Å². The van der Waals surface area contributed by atoms with Gasteiger partial charge >= 0.3 is 5.97 Å². The minimum Gasteiger partial charge on any atom is -0.465 e. The van der Waals surface area contributed by atoms with Gasteiger partial charge in [-0.3, -0.25) is 5.10 Å². The Balaban J connectivity index is 2.21. The van der Waals surface area contributed by atoms with Crippen molar-refractivity contribution < 1.29 is 9.53 Å². The Morgan fingerprint density at radius 2 is 2.39 bits per heavy atom. The van der Waals surface area contributed by atoms with Gasteiger partial charge in [0.15, 0.2) is 5.16 Å². The third-order valence-corrected chi connectivity index (χ3v) is 3.26. The van der Waals surface area contributed by atoms with Gasteiger partial charge in [0, 0.05) is 11.4 Å². The van der Waals surface area contributed by atoms with Gasteiger partial charge in [-0.05, 0) is 11.6 Å². The van der Waals surface area contributed by atoms with Gasteiger partial charge in [-0.15, -0.1) is 0 Å². The number of aromatic nitrogens is 3. The molecule has 1 aromatic carbocycles. The molecule has 0 fully saturated rings. The minimum atomic E-state index is -0.429. The second-order valence-electron chi connectivity index (χ2n) is 3.45. The van der Waals surface area contributed by atoms with Crippen LogP contribution in [-0.4, -0.2) is 28.3 Å². The summed E-state index contributed by atoms with van der Waals surface area (Å²) in [5.74, 6) is 0.131. The predicted molar refractivity (Wildman–Crippen MR) is 68.1 cm³/mol. The summed E-state index contributed by atoms with van der Waals surface area (Å²) in [5.41, 5.74) is 7.43. The second kappa shape index (κ2) is 5.54. The fourth-order valence-electron chi connectivity index (χ4n) is 1.50. The van der Waals surface area contributed by atoms with Crippen molar-refractivity contribution in [1.82, 2.24) is 15.2 Å². The first-order valence-corrected chi connectivity index (χ1v) is 6.14. The molecular weight excluding hydrogens is 252 g/mol. The van der Waals surface area contributed by atoms with E-state index >= 15 is 0 Å². The van der Waals surface area contributed by atoms with Gasteiger partial charge in [0.2, 0.25) is 0 Å². The zero-order valence-corrected chi connectivity index (χ0v) is 10.5. The number of nitrogens with zero attached hydrogens (tertiary/aromatic N) is 2. The lowest BCUT2D eigenvalue weighted by molar-refractivity contribution is 0.0601. The van der Waals surface area contributed by atoms with E-state index in [9.17, 15) is 4.79 Å². The van der Waals surface area contributed by atoms with E-state index in [0.717, 1.165) is 5.56 Å². The van der Waals surface area contributed by atoms with Crippen LogP contribution in [0.15, 0.2) is 29.7 Å². The molecule has 2 rings (SSSR count). The maximum Gasteiger partial charge on any atom is 0.340 e. The molecule has 2 aromatic rings. The molecule has 0 radical (unpaired) electrons. The summed E-state index contributed by atoms with van der Waals surface area (Å²) in [6.45, 7) is 0. The molecule has 0 aliphatic rings. The first-order chi connectivity index (χ1) is 8.72. The number of carbonyl (C=O) groups is 1. The molecular formula is C11H12N4O2S. The monoisotopic (exact) mass is 264 g/mol. The highest BCUT2D eigenvalue weighted by Gasteiger charge is 2.15. The van der Waals surface area contributed by atoms with Crippen molar-refractivity contribution >= 4 is 23.4 Å². The SMILES string of the molecule is COC(=O)c1c(N)cccc1CSc1ncn[nH]1. The molecule has 7 heteroatoms. The topological polar surface area (TPSA) is 93.9 Å². The molecule has 0 atom stereocenters. The van der Waals surface area contributed by atoms with E-state index in [-0.39, 0.29) is 0 Å². The number of methoxy groups -OCH3 is 1. The highest BCUT2D eigenvalue weighted by molar-refractivity contribution is 7.98. The van der Waals surface area contributed by atoms with Crippen LogP contribution in [0.5, 0.6) is 0 Å². The molecule has 0 bridgehead atoms. The van der Waals surface area contributed by atoms with Gasteiger partial charge in [-0.1, -0.05) is 23.9 Å². The largest absolute Gasteiger partial charge is 0.465 e. The van der Waals surface area contributed by atoms with Crippen LogP contribution in [0, 0.1) is 0 Å². The Labute approximate surface area is 108 Å². The van der Waals surface area contributed by atoms with E-state index in [1.54, 1.807) is 12.1 Å². The fourth-order valence-corrected chi connectivity index (χ4v) is 2.27. The number of H-pyrrole nitrogens is 1. The summed E-state index contributed by atoms with van der Waals surface area (Å²) in [4.78, 5) is 15.7. The third kappa shape index (κ3) is 2.62. The number of nitrogen functional groups attached to an aromatic ring is 1. The lowest BCUT2D eigenvalue weighted by Crippen LogP contribution is -2.09. The van der Waals surface area contributed by atoms with Crippen molar-refractivity contribution in [2.45, 2.75) is 10.9 Å². The molecule has 0 saturated heterocycles. The van der Waals surface area contributed by atoms with Crippen LogP contribution in [0.4, 0.5) is 5.69 Å². The number of aromatic amines is 1. The molecule has 18 heavy (non-hydrogen) atoms. The molecule has 0 unspecified atom stereocenters. The van der Waals surface area contributed by atoms with Crippen molar-refractivity contribution in [2.24, 2.45) is 0 Å². The van der Waals surface area contributed by atoms with Crippen LogP contribution in [0.1, 0.15) is 15.9 Å². The van der Waals surface area contributed by atoms with Crippen LogP contribution < -0.4 is 5.73 Å². The maximum atomic E-state index is 11.7. The summed E-state index contributed by atoms with van der Waals surface area (Å²) in [6.07, 6.45) is 1.43. The van der Waals surface area contributed by atoms with Gasteiger partial charge in [0.1, 0.15) is 6.33 Å². The molecule has 1 heterocycles.